The predicted molar refractivity (Wildman–Crippen MR) is 83.3 cm³/mol. The van der Waals surface area contributed by atoms with Gasteiger partial charge in [0.05, 0.1) is 5.92 Å². The normalized spacial score (nSPS) is 21.7. The molecular formula is C18H33F3. The zero-order valence-corrected chi connectivity index (χ0v) is 13.7. The molecule has 0 nitrogen and oxygen atoms in total. The van der Waals surface area contributed by atoms with Crippen LogP contribution in [-0.4, -0.2) is 6.18 Å². The van der Waals surface area contributed by atoms with Crippen LogP contribution in [0.25, 0.3) is 0 Å². The fourth-order valence-electron chi connectivity index (χ4n) is 3.59. The van der Waals surface area contributed by atoms with Crippen LogP contribution in [0.15, 0.2) is 0 Å². The van der Waals surface area contributed by atoms with E-state index < -0.39 is 12.1 Å². The van der Waals surface area contributed by atoms with Crippen molar-refractivity contribution in [3.05, 3.63) is 0 Å². The van der Waals surface area contributed by atoms with E-state index in [1.54, 1.807) is 0 Å². The standard InChI is InChI=1S/C11H22.C7H11F3/c1-2-3-5-8-11-9-6-4-7-10-11;8-7(9,10)6-4-2-1-3-5-6/h11H,2-10H2,1H3;6H,1-5H2. The first-order chi connectivity index (χ1) is 10.0. The molecule has 0 saturated heterocycles. The SMILES string of the molecule is CCCCCC1CCCCC1.FC(F)(F)C1CCCCC1. The fraction of sp³-hybridized carbons (Fsp3) is 1.00. The van der Waals surface area contributed by atoms with Crippen LogP contribution in [0.4, 0.5) is 13.2 Å². The van der Waals surface area contributed by atoms with Gasteiger partial charge in [-0.15, -0.1) is 0 Å². The monoisotopic (exact) mass is 306 g/mol. The smallest absolute Gasteiger partial charge is 0.171 e. The highest BCUT2D eigenvalue weighted by Gasteiger charge is 2.39. The first-order valence-corrected chi connectivity index (χ1v) is 9.10. The van der Waals surface area contributed by atoms with Crippen LogP contribution in [0.1, 0.15) is 96.8 Å². The molecule has 0 aromatic heterocycles. The molecule has 0 aromatic rings. The largest absolute Gasteiger partial charge is 0.391 e. The lowest BCUT2D eigenvalue weighted by molar-refractivity contribution is -0.181. The quantitative estimate of drug-likeness (QED) is 0.479. The van der Waals surface area contributed by atoms with Crippen molar-refractivity contribution in [3.63, 3.8) is 0 Å². The summed E-state index contributed by atoms with van der Waals surface area (Å²) < 4.78 is 35.8. The number of halogens is 3. The molecule has 0 heterocycles. The molecule has 3 heteroatoms. The summed E-state index contributed by atoms with van der Waals surface area (Å²) >= 11 is 0. The molecule has 0 unspecified atom stereocenters. The molecule has 0 aromatic carbocycles. The Hall–Kier alpha value is -0.210. The minimum Gasteiger partial charge on any atom is -0.171 e. The topological polar surface area (TPSA) is 0 Å². The highest BCUT2D eigenvalue weighted by atomic mass is 19.4. The Kier molecular flexibility index (Phi) is 9.42. The third-order valence-corrected chi connectivity index (χ3v) is 5.01. The molecule has 21 heavy (non-hydrogen) atoms. The maximum absolute atomic E-state index is 11.9. The van der Waals surface area contributed by atoms with Gasteiger partial charge in [0.1, 0.15) is 0 Å². The number of alkyl halides is 3. The van der Waals surface area contributed by atoms with Crippen molar-refractivity contribution in [2.75, 3.05) is 0 Å². The van der Waals surface area contributed by atoms with Crippen molar-refractivity contribution in [3.8, 4) is 0 Å². The van der Waals surface area contributed by atoms with Crippen molar-refractivity contribution in [1.82, 2.24) is 0 Å². The molecule has 0 aliphatic heterocycles. The van der Waals surface area contributed by atoms with Gasteiger partial charge in [0, 0.05) is 0 Å². The summed E-state index contributed by atoms with van der Waals surface area (Å²) in [6.07, 6.45) is 12.7. The highest BCUT2D eigenvalue weighted by Crippen LogP contribution is 2.37. The molecule has 0 radical (unpaired) electrons. The molecule has 2 aliphatic rings. The maximum Gasteiger partial charge on any atom is 0.391 e. The maximum atomic E-state index is 11.9. The van der Waals surface area contributed by atoms with Crippen molar-refractivity contribution >= 4 is 0 Å². The number of unbranched alkanes of at least 4 members (excludes halogenated alkanes) is 2. The van der Waals surface area contributed by atoms with E-state index in [0.717, 1.165) is 25.2 Å². The summed E-state index contributed by atoms with van der Waals surface area (Å²) in [6, 6.07) is 0. The average Bonchev–Trinajstić information content (AvgIpc) is 2.49. The van der Waals surface area contributed by atoms with Gasteiger partial charge in [0.25, 0.3) is 0 Å². The van der Waals surface area contributed by atoms with Crippen molar-refractivity contribution in [2.45, 2.75) is 103 Å². The zero-order valence-electron chi connectivity index (χ0n) is 13.7. The molecule has 0 bridgehead atoms. The molecule has 0 N–H and O–H groups in total. The Balaban J connectivity index is 0.000000211. The van der Waals surface area contributed by atoms with Crippen LogP contribution >= 0.6 is 0 Å². The Morgan fingerprint density at radius 2 is 1.29 bits per heavy atom. The van der Waals surface area contributed by atoms with Crippen molar-refractivity contribution in [1.29, 1.82) is 0 Å². The predicted octanol–water partition coefficient (Wildman–Crippen LogP) is 7.28. The van der Waals surface area contributed by atoms with E-state index in [-0.39, 0.29) is 0 Å². The summed E-state index contributed by atoms with van der Waals surface area (Å²) in [5, 5.41) is 0. The molecule has 126 valence electrons. The number of hydrogen-bond acceptors (Lipinski definition) is 0. The van der Waals surface area contributed by atoms with Gasteiger partial charge in [0.2, 0.25) is 0 Å². The van der Waals surface area contributed by atoms with Gasteiger partial charge in [0.15, 0.2) is 0 Å². The second-order valence-electron chi connectivity index (χ2n) is 6.88. The van der Waals surface area contributed by atoms with Gasteiger partial charge < -0.3 is 0 Å². The summed E-state index contributed by atoms with van der Waals surface area (Å²) in [7, 11) is 0. The fourth-order valence-corrected chi connectivity index (χ4v) is 3.59. The Morgan fingerprint density at radius 1 is 0.762 bits per heavy atom. The lowest BCUT2D eigenvalue weighted by Gasteiger charge is -2.23. The third-order valence-electron chi connectivity index (χ3n) is 5.01. The molecule has 2 fully saturated rings. The number of hydrogen-bond donors (Lipinski definition) is 0. The molecular weight excluding hydrogens is 273 g/mol. The van der Waals surface area contributed by atoms with Gasteiger partial charge in [-0.05, 0) is 18.8 Å². The van der Waals surface area contributed by atoms with E-state index in [1.165, 1.54) is 57.8 Å². The van der Waals surface area contributed by atoms with E-state index in [0.29, 0.717) is 12.8 Å². The average molecular weight is 306 g/mol. The Bertz CT molecular complexity index is 235. The van der Waals surface area contributed by atoms with Gasteiger partial charge in [-0.2, -0.15) is 13.2 Å². The number of rotatable bonds is 4. The van der Waals surface area contributed by atoms with Crippen LogP contribution in [0.3, 0.4) is 0 Å². The summed E-state index contributed by atoms with van der Waals surface area (Å²) in [5.74, 6) is 0.108. The summed E-state index contributed by atoms with van der Waals surface area (Å²) in [4.78, 5) is 0. The van der Waals surface area contributed by atoms with Crippen LogP contribution in [0.5, 0.6) is 0 Å². The van der Waals surface area contributed by atoms with Crippen LogP contribution in [-0.2, 0) is 0 Å². The lowest BCUT2D eigenvalue weighted by Crippen LogP contribution is -2.24. The van der Waals surface area contributed by atoms with E-state index in [1.807, 2.05) is 0 Å². The van der Waals surface area contributed by atoms with E-state index in [4.69, 9.17) is 0 Å². The first kappa shape index (κ1) is 18.8. The zero-order chi connectivity index (χ0) is 15.6. The molecule has 2 rings (SSSR count). The summed E-state index contributed by atoms with van der Waals surface area (Å²) in [6.45, 7) is 2.29. The Morgan fingerprint density at radius 3 is 1.71 bits per heavy atom. The molecule has 0 atom stereocenters. The Labute approximate surface area is 128 Å². The van der Waals surface area contributed by atoms with E-state index in [9.17, 15) is 13.2 Å². The second kappa shape index (κ2) is 10.5. The molecule has 0 spiro atoms. The van der Waals surface area contributed by atoms with Gasteiger partial charge in [-0.3, -0.25) is 0 Å². The summed E-state index contributed by atoms with van der Waals surface area (Å²) in [5.41, 5.74) is 0. The van der Waals surface area contributed by atoms with E-state index in [2.05, 4.69) is 6.92 Å². The minimum atomic E-state index is -3.93. The van der Waals surface area contributed by atoms with Crippen LogP contribution in [0.2, 0.25) is 0 Å². The van der Waals surface area contributed by atoms with Gasteiger partial charge in [-0.1, -0.05) is 84.0 Å². The van der Waals surface area contributed by atoms with E-state index >= 15 is 0 Å². The third kappa shape index (κ3) is 8.73. The van der Waals surface area contributed by atoms with Gasteiger partial charge in [-0.25, -0.2) is 0 Å². The van der Waals surface area contributed by atoms with Crippen molar-refractivity contribution in [2.24, 2.45) is 11.8 Å². The lowest BCUT2D eigenvalue weighted by atomic mass is 9.86. The van der Waals surface area contributed by atoms with Crippen molar-refractivity contribution < 1.29 is 13.2 Å². The second-order valence-corrected chi connectivity index (χ2v) is 6.88. The minimum absolute atomic E-state index is 0.351. The molecule has 0 amide bonds. The molecule has 2 aliphatic carbocycles. The molecule has 2 saturated carbocycles. The van der Waals surface area contributed by atoms with Crippen LogP contribution in [0, 0.1) is 11.8 Å². The van der Waals surface area contributed by atoms with Gasteiger partial charge >= 0.3 is 6.18 Å². The first-order valence-electron chi connectivity index (χ1n) is 9.10. The van der Waals surface area contributed by atoms with Crippen LogP contribution < -0.4 is 0 Å². The highest BCUT2D eigenvalue weighted by molar-refractivity contribution is 4.71.